The van der Waals surface area contributed by atoms with Gasteiger partial charge in [0.25, 0.3) is 0 Å². The summed E-state index contributed by atoms with van der Waals surface area (Å²) in [6, 6.07) is 16.6. The van der Waals surface area contributed by atoms with Crippen LogP contribution in [0.25, 0.3) is 0 Å². The molecule has 0 saturated carbocycles. The molecule has 11 heteroatoms. The summed E-state index contributed by atoms with van der Waals surface area (Å²) in [5.74, 6) is 0.439. The number of hydrogen-bond donors (Lipinski definition) is 3. The fraction of sp³-hybridized carbons (Fsp3) is 0.207. The monoisotopic (exact) mass is 539 g/mol. The highest BCUT2D eigenvalue weighted by Crippen LogP contribution is 2.35. The second-order valence-electron chi connectivity index (χ2n) is 9.34. The molecule has 0 saturated heterocycles. The van der Waals surface area contributed by atoms with Crippen LogP contribution >= 0.6 is 0 Å². The first-order valence-corrected chi connectivity index (χ1v) is 12.7. The van der Waals surface area contributed by atoms with E-state index in [2.05, 4.69) is 25.6 Å². The Morgan fingerprint density at radius 3 is 2.67 bits per heavy atom. The van der Waals surface area contributed by atoms with Gasteiger partial charge in [0.05, 0.1) is 17.9 Å². The Morgan fingerprint density at radius 1 is 1.15 bits per heavy atom. The van der Waals surface area contributed by atoms with E-state index in [0.29, 0.717) is 42.5 Å². The normalized spacial score (nSPS) is 13.8. The zero-order valence-electron chi connectivity index (χ0n) is 22.8. The van der Waals surface area contributed by atoms with Crippen molar-refractivity contribution in [3.63, 3.8) is 0 Å². The molecule has 0 atom stereocenters. The van der Waals surface area contributed by atoms with Crippen molar-refractivity contribution in [2.24, 2.45) is 10.7 Å². The van der Waals surface area contributed by atoms with Crippen molar-refractivity contribution in [2.45, 2.75) is 13.1 Å². The summed E-state index contributed by atoms with van der Waals surface area (Å²) in [5, 5.41) is 5.89. The molecule has 3 amide bonds. The van der Waals surface area contributed by atoms with E-state index in [9.17, 15) is 9.59 Å². The van der Waals surface area contributed by atoms with Crippen LogP contribution in [0.3, 0.4) is 0 Å². The summed E-state index contributed by atoms with van der Waals surface area (Å²) < 4.78 is 0. The largest absolute Gasteiger partial charge is 0.403 e. The molecule has 0 bridgehead atoms. The van der Waals surface area contributed by atoms with E-state index >= 15 is 0 Å². The number of amides is 3. The standard InChI is InChI=1S/C29H33N9O2/c1-31-18-24(16-30)34-28-32-17-22-20-37(19-21-9-5-4-6-10-21)29(40)38(27(22)35-28)25-12-7-11-23(15-25)33-26(39)13-8-14-36(2)3/h4-13,15-18H,14,19-20,30H2,1-3H3,(H,33,39)(H,32,34,35)/b13-8+,24-16+,31-18?. The lowest BCUT2D eigenvalue weighted by molar-refractivity contribution is -0.111. The van der Waals surface area contributed by atoms with Crippen molar-refractivity contribution in [1.82, 2.24) is 19.8 Å². The molecule has 1 aliphatic heterocycles. The smallest absolute Gasteiger partial charge is 0.330 e. The summed E-state index contributed by atoms with van der Waals surface area (Å²) in [6.07, 6.45) is 7.87. The summed E-state index contributed by atoms with van der Waals surface area (Å²) in [4.78, 5) is 44.7. The van der Waals surface area contributed by atoms with E-state index < -0.39 is 0 Å². The van der Waals surface area contributed by atoms with Gasteiger partial charge in [-0.15, -0.1) is 0 Å². The number of urea groups is 1. The highest BCUT2D eigenvalue weighted by atomic mass is 16.2. The Kier molecular flexibility index (Phi) is 9.21. The first kappa shape index (κ1) is 28.0. The second-order valence-corrected chi connectivity index (χ2v) is 9.34. The Bertz CT molecular complexity index is 1430. The lowest BCUT2D eigenvalue weighted by Crippen LogP contribution is -2.45. The molecule has 11 nitrogen and oxygen atoms in total. The third-order valence-electron chi connectivity index (χ3n) is 5.91. The van der Waals surface area contributed by atoms with Crippen molar-refractivity contribution < 1.29 is 9.59 Å². The first-order valence-electron chi connectivity index (χ1n) is 12.7. The van der Waals surface area contributed by atoms with Gasteiger partial charge in [0.2, 0.25) is 11.9 Å². The minimum absolute atomic E-state index is 0.250. The molecule has 40 heavy (non-hydrogen) atoms. The number of aromatic nitrogens is 2. The average Bonchev–Trinajstić information content (AvgIpc) is 2.94. The molecule has 4 N–H and O–H groups in total. The Hall–Kier alpha value is -5.03. The van der Waals surface area contributed by atoms with Crippen molar-refractivity contribution in [2.75, 3.05) is 43.2 Å². The topological polar surface area (TPSA) is 132 Å². The number of carbonyl (C=O) groups excluding carboxylic acids is 2. The SMILES string of the molecule is CN=C/C(=C\N)Nc1ncc2c(n1)N(c1cccc(NC(=O)/C=C/CN(C)C)c1)C(=O)N(Cc1ccccc1)C2. The molecule has 206 valence electrons. The quantitative estimate of drug-likeness (QED) is 0.264. The zero-order chi connectivity index (χ0) is 28.5. The van der Waals surface area contributed by atoms with Crippen molar-refractivity contribution >= 4 is 41.3 Å². The molecule has 0 unspecified atom stereocenters. The van der Waals surface area contributed by atoms with Crippen LogP contribution in [0.1, 0.15) is 11.1 Å². The summed E-state index contributed by atoms with van der Waals surface area (Å²) in [6.45, 7) is 1.39. The van der Waals surface area contributed by atoms with Crippen molar-refractivity contribution in [3.8, 4) is 0 Å². The van der Waals surface area contributed by atoms with Gasteiger partial charge in [-0.05, 0) is 37.9 Å². The van der Waals surface area contributed by atoms with Gasteiger partial charge in [0.15, 0.2) is 5.82 Å². The van der Waals surface area contributed by atoms with Crippen molar-refractivity contribution in [1.29, 1.82) is 0 Å². The predicted octanol–water partition coefficient (Wildman–Crippen LogP) is 3.72. The maximum Gasteiger partial charge on any atom is 0.330 e. The molecular weight excluding hydrogens is 506 g/mol. The molecule has 3 aromatic rings. The van der Waals surface area contributed by atoms with E-state index in [1.54, 1.807) is 54.7 Å². The number of anilines is 4. The van der Waals surface area contributed by atoms with Crippen LogP contribution in [-0.4, -0.2) is 65.6 Å². The summed E-state index contributed by atoms with van der Waals surface area (Å²) in [7, 11) is 5.48. The number of likely N-dealkylation sites (N-methyl/N-ethyl adjacent to an activating group) is 1. The third kappa shape index (κ3) is 7.08. The molecule has 1 aliphatic rings. The molecular formula is C29H33N9O2. The molecule has 4 rings (SSSR count). The molecule has 0 radical (unpaired) electrons. The van der Waals surface area contributed by atoms with Gasteiger partial charge in [0, 0.05) is 56.1 Å². The van der Waals surface area contributed by atoms with Gasteiger partial charge >= 0.3 is 6.03 Å². The highest BCUT2D eigenvalue weighted by Gasteiger charge is 2.33. The van der Waals surface area contributed by atoms with Gasteiger partial charge in [-0.25, -0.2) is 14.7 Å². The summed E-state index contributed by atoms with van der Waals surface area (Å²) in [5.41, 5.74) is 9.07. The van der Waals surface area contributed by atoms with Crippen LogP contribution in [0.15, 0.2) is 89.8 Å². The van der Waals surface area contributed by atoms with E-state index in [1.165, 1.54) is 17.2 Å². The number of allylic oxidation sites excluding steroid dienone is 1. The zero-order valence-corrected chi connectivity index (χ0v) is 22.8. The Balaban J connectivity index is 1.69. The maximum absolute atomic E-state index is 13.9. The van der Waals surface area contributed by atoms with Gasteiger partial charge < -0.3 is 26.2 Å². The van der Waals surface area contributed by atoms with Crippen LogP contribution in [0, 0.1) is 0 Å². The number of carbonyl (C=O) groups is 2. The van der Waals surface area contributed by atoms with E-state index in [-0.39, 0.29) is 17.9 Å². The second kappa shape index (κ2) is 13.2. The van der Waals surface area contributed by atoms with Gasteiger partial charge in [-0.3, -0.25) is 9.79 Å². The third-order valence-corrected chi connectivity index (χ3v) is 5.91. The minimum Gasteiger partial charge on any atom is -0.403 e. The maximum atomic E-state index is 13.9. The first-order chi connectivity index (χ1) is 19.4. The molecule has 0 aliphatic carbocycles. The number of hydrogen-bond acceptors (Lipinski definition) is 8. The number of nitrogens with two attached hydrogens (primary N) is 1. The highest BCUT2D eigenvalue weighted by molar-refractivity contribution is 6.03. The molecule has 0 spiro atoms. The fourth-order valence-corrected chi connectivity index (χ4v) is 4.09. The van der Waals surface area contributed by atoms with Crippen LogP contribution in [0.4, 0.5) is 27.9 Å². The average molecular weight is 540 g/mol. The minimum atomic E-state index is -0.262. The number of aliphatic imine (C=N–C) groups is 1. The van der Waals surface area contributed by atoms with Crippen LogP contribution < -0.4 is 21.3 Å². The Morgan fingerprint density at radius 2 is 1.95 bits per heavy atom. The molecule has 2 heterocycles. The molecule has 1 aromatic heterocycles. The number of nitrogens with one attached hydrogen (secondary N) is 2. The van der Waals surface area contributed by atoms with Gasteiger partial charge in [-0.1, -0.05) is 42.5 Å². The number of rotatable bonds is 10. The molecule has 2 aromatic carbocycles. The number of benzene rings is 2. The number of nitrogens with zero attached hydrogens (tertiary/aromatic N) is 6. The van der Waals surface area contributed by atoms with Crippen LogP contribution in [0.2, 0.25) is 0 Å². The summed E-state index contributed by atoms with van der Waals surface area (Å²) >= 11 is 0. The van der Waals surface area contributed by atoms with Crippen LogP contribution in [-0.2, 0) is 17.9 Å². The lowest BCUT2D eigenvalue weighted by atomic mass is 10.1. The predicted molar refractivity (Wildman–Crippen MR) is 158 cm³/mol. The van der Waals surface area contributed by atoms with E-state index in [0.717, 1.165) is 11.1 Å². The number of fused-ring (bicyclic) bond motifs is 1. The van der Waals surface area contributed by atoms with Crippen LogP contribution in [0.5, 0.6) is 0 Å². The van der Waals surface area contributed by atoms with Gasteiger partial charge in [0.1, 0.15) is 0 Å². The van der Waals surface area contributed by atoms with E-state index in [1.807, 2.05) is 49.3 Å². The molecule has 0 fully saturated rings. The lowest BCUT2D eigenvalue weighted by Gasteiger charge is -2.36. The fourth-order valence-electron chi connectivity index (χ4n) is 4.09. The Labute approximate surface area is 233 Å². The van der Waals surface area contributed by atoms with Crippen molar-refractivity contribution in [3.05, 3.63) is 96.0 Å². The van der Waals surface area contributed by atoms with E-state index in [4.69, 9.17) is 5.73 Å². The van der Waals surface area contributed by atoms with Gasteiger partial charge in [-0.2, -0.15) is 4.98 Å².